The van der Waals surface area contributed by atoms with Crippen LogP contribution in [0.15, 0.2) is 36.8 Å². The summed E-state index contributed by atoms with van der Waals surface area (Å²) >= 11 is 0. The zero-order valence-corrected chi connectivity index (χ0v) is 11.7. The number of nitrogens with zero attached hydrogens (tertiary/aromatic N) is 2. The van der Waals surface area contributed by atoms with Crippen molar-refractivity contribution in [1.29, 1.82) is 0 Å². The first-order valence-electron chi connectivity index (χ1n) is 6.56. The minimum absolute atomic E-state index is 0.134. The second-order valence-electron chi connectivity index (χ2n) is 4.46. The second-order valence-corrected chi connectivity index (χ2v) is 4.46. The number of hydrogen-bond donors (Lipinski definition) is 2. The van der Waals surface area contributed by atoms with E-state index < -0.39 is 5.97 Å². The first-order valence-corrected chi connectivity index (χ1v) is 6.56. The summed E-state index contributed by atoms with van der Waals surface area (Å²) in [6.45, 7) is 1.13. The maximum absolute atomic E-state index is 11.0. The van der Waals surface area contributed by atoms with Crippen molar-refractivity contribution in [3.05, 3.63) is 53.6 Å². The van der Waals surface area contributed by atoms with Gasteiger partial charge < -0.3 is 15.2 Å². The van der Waals surface area contributed by atoms with Crippen LogP contribution >= 0.6 is 0 Å². The molecule has 2 N–H and O–H groups in total. The zero-order valence-electron chi connectivity index (χ0n) is 11.7. The number of carboxylic acid groups (broad SMARTS) is 1. The number of rotatable bonds is 7. The van der Waals surface area contributed by atoms with Crippen molar-refractivity contribution in [2.24, 2.45) is 0 Å². The molecule has 1 aromatic carbocycles. The Labute approximate surface area is 122 Å². The lowest BCUT2D eigenvalue weighted by Gasteiger charge is -2.07. The number of aromatic nitrogens is 2. The molecule has 110 valence electrons. The van der Waals surface area contributed by atoms with Gasteiger partial charge in [0.25, 0.3) is 0 Å². The molecule has 0 radical (unpaired) electrons. The molecule has 0 saturated heterocycles. The van der Waals surface area contributed by atoms with E-state index in [-0.39, 0.29) is 5.56 Å². The van der Waals surface area contributed by atoms with Gasteiger partial charge in [0.1, 0.15) is 17.6 Å². The summed E-state index contributed by atoms with van der Waals surface area (Å²) in [5.74, 6) is -0.179. The molecule has 6 nitrogen and oxygen atoms in total. The number of benzene rings is 1. The van der Waals surface area contributed by atoms with Crippen molar-refractivity contribution in [3.63, 3.8) is 0 Å². The van der Waals surface area contributed by atoms with E-state index in [1.807, 2.05) is 24.3 Å². The van der Waals surface area contributed by atoms with Gasteiger partial charge in [0, 0.05) is 12.7 Å². The van der Waals surface area contributed by atoms with Gasteiger partial charge in [-0.1, -0.05) is 12.1 Å². The summed E-state index contributed by atoms with van der Waals surface area (Å²) in [5, 5.41) is 12.2. The Bertz CT molecular complexity index is 599. The van der Waals surface area contributed by atoms with Crippen LogP contribution in [0, 0.1) is 0 Å². The highest BCUT2D eigenvalue weighted by atomic mass is 16.5. The van der Waals surface area contributed by atoms with Crippen LogP contribution in [0.1, 0.15) is 21.6 Å². The molecule has 0 aliphatic heterocycles. The summed E-state index contributed by atoms with van der Waals surface area (Å²) in [6.07, 6.45) is 3.51. The van der Waals surface area contributed by atoms with Crippen molar-refractivity contribution in [2.75, 3.05) is 13.7 Å². The van der Waals surface area contributed by atoms with Crippen molar-refractivity contribution in [1.82, 2.24) is 15.3 Å². The summed E-state index contributed by atoms with van der Waals surface area (Å²) in [4.78, 5) is 18.7. The predicted molar refractivity (Wildman–Crippen MR) is 77.4 cm³/mol. The van der Waals surface area contributed by atoms with Crippen LogP contribution in [0.3, 0.4) is 0 Å². The fraction of sp³-hybridized carbons (Fsp3) is 0.267. The Morgan fingerprint density at radius 2 is 2.10 bits per heavy atom. The highest BCUT2D eigenvalue weighted by Crippen LogP contribution is 2.11. The lowest BCUT2D eigenvalue weighted by atomic mass is 10.1. The Morgan fingerprint density at radius 1 is 1.33 bits per heavy atom. The summed E-state index contributed by atoms with van der Waals surface area (Å²) in [7, 11) is 1.64. The standard InChI is InChI=1S/C15H17N3O3/c1-21-12-4-2-11(3-5-12)6-7-16-9-14-13(15(19)20)8-17-10-18-14/h2-5,8,10,16H,6-7,9H2,1H3,(H,19,20). The fourth-order valence-electron chi connectivity index (χ4n) is 1.91. The van der Waals surface area contributed by atoms with Gasteiger partial charge in [0.15, 0.2) is 0 Å². The van der Waals surface area contributed by atoms with Gasteiger partial charge in [0.2, 0.25) is 0 Å². The van der Waals surface area contributed by atoms with E-state index >= 15 is 0 Å². The van der Waals surface area contributed by atoms with E-state index in [1.165, 1.54) is 18.1 Å². The number of ether oxygens (including phenoxy) is 1. The third kappa shape index (κ3) is 4.25. The van der Waals surface area contributed by atoms with Crippen LogP contribution < -0.4 is 10.1 Å². The lowest BCUT2D eigenvalue weighted by Crippen LogP contribution is -2.19. The fourth-order valence-corrected chi connectivity index (χ4v) is 1.91. The van der Waals surface area contributed by atoms with Crippen LogP contribution in [0.2, 0.25) is 0 Å². The zero-order chi connectivity index (χ0) is 15.1. The van der Waals surface area contributed by atoms with Gasteiger partial charge in [-0.2, -0.15) is 0 Å². The average Bonchev–Trinajstić information content (AvgIpc) is 2.52. The Balaban J connectivity index is 1.83. The number of carboxylic acids is 1. The topological polar surface area (TPSA) is 84.3 Å². The molecule has 2 rings (SSSR count). The number of methoxy groups -OCH3 is 1. The van der Waals surface area contributed by atoms with Crippen LogP contribution in [0.4, 0.5) is 0 Å². The molecule has 0 atom stereocenters. The third-order valence-corrected chi connectivity index (χ3v) is 3.07. The van der Waals surface area contributed by atoms with Crippen LogP contribution in [-0.4, -0.2) is 34.7 Å². The number of nitrogens with one attached hydrogen (secondary N) is 1. The molecule has 6 heteroatoms. The molecule has 2 aromatic rings. The van der Waals surface area contributed by atoms with Gasteiger partial charge in [-0.3, -0.25) is 0 Å². The highest BCUT2D eigenvalue weighted by Gasteiger charge is 2.10. The number of carbonyl (C=O) groups is 1. The maximum Gasteiger partial charge on any atom is 0.339 e. The van der Waals surface area contributed by atoms with Crippen LogP contribution in [0.25, 0.3) is 0 Å². The van der Waals surface area contributed by atoms with Gasteiger partial charge in [-0.05, 0) is 30.7 Å². The molecule has 0 fully saturated rings. The van der Waals surface area contributed by atoms with Crippen molar-refractivity contribution in [3.8, 4) is 5.75 Å². The van der Waals surface area contributed by atoms with Gasteiger partial charge in [0.05, 0.1) is 12.8 Å². The minimum Gasteiger partial charge on any atom is -0.497 e. The smallest absolute Gasteiger partial charge is 0.339 e. The molecule has 0 saturated carbocycles. The Kier molecular flexibility index (Phi) is 5.22. The molecule has 0 aliphatic carbocycles. The van der Waals surface area contributed by atoms with E-state index in [0.717, 1.165) is 18.7 Å². The third-order valence-electron chi connectivity index (χ3n) is 3.07. The molecule has 0 bridgehead atoms. The number of hydrogen-bond acceptors (Lipinski definition) is 5. The van der Waals surface area contributed by atoms with E-state index in [0.29, 0.717) is 12.2 Å². The molecule has 1 heterocycles. The van der Waals surface area contributed by atoms with E-state index in [9.17, 15) is 4.79 Å². The van der Waals surface area contributed by atoms with E-state index in [1.54, 1.807) is 7.11 Å². The van der Waals surface area contributed by atoms with Crippen LogP contribution in [0.5, 0.6) is 5.75 Å². The largest absolute Gasteiger partial charge is 0.497 e. The molecule has 0 amide bonds. The molecular weight excluding hydrogens is 270 g/mol. The summed E-state index contributed by atoms with van der Waals surface area (Å²) in [5.41, 5.74) is 1.81. The highest BCUT2D eigenvalue weighted by molar-refractivity contribution is 5.88. The quantitative estimate of drug-likeness (QED) is 0.751. The van der Waals surface area contributed by atoms with Crippen molar-refractivity contribution < 1.29 is 14.6 Å². The maximum atomic E-state index is 11.0. The minimum atomic E-state index is -1.01. The monoisotopic (exact) mass is 287 g/mol. The molecule has 0 unspecified atom stereocenters. The molecule has 0 aliphatic rings. The molecule has 1 aromatic heterocycles. The predicted octanol–water partition coefficient (Wildman–Crippen LogP) is 1.52. The second kappa shape index (κ2) is 7.35. The Hall–Kier alpha value is -2.47. The van der Waals surface area contributed by atoms with E-state index in [4.69, 9.17) is 9.84 Å². The first kappa shape index (κ1) is 14.9. The van der Waals surface area contributed by atoms with Gasteiger partial charge in [-0.15, -0.1) is 0 Å². The molecule has 21 heavy (non-hydrogen) atoms. The van der Waals surface area contributed by atoms with Crippen LogP contribution in [-0.2, 0) is 13.0 Å². The molecule has 0 spiro atoms. The summed E-state index contributed by atoms with van der Waals surface area (Å²) in [6, 6.07) is 7.85. The van der Waals surface area contributed by atoms with Crippen molar-refractivity contribution in [2.45, 2.75) is 13.0 Å². The van der Waals surface area contributed by atoms with Gasteiger partial charge in [-0.25, -0.2) is 14.8 Å². The normalized spacial score (nSPS) is 10.3. The molecular formula is C15H17N3O3. The first-order chi connectivity index (χ1) is 10.2. The average molecular weight is 287 g/mol. The number of aromatic carboxylic acids is 1. The Morgan fingerprint density at radius 3 is 2.76 bits per heavy atom. The lowest BCUT2D eigenvalue weighted by molar-refractivity contribution is 0.0694. The van der Waals surface area contributed by atoms with E-state index in [2.05, 4.69) is 15.3 Å². The SMILES string of the molecule is COc1ccc(CCNCc2ncncc2C(=O)O)cc1. The van der Waals surface area contributed by atoms with Crippen molar-refractivity contribution >= 4 is 5.97 Å². The summed E-state index contributed by atoms with van der Waals surface area (Å²) < 4.78 is 5.10. The van der Waals surface area contributed by atoms with Gasteiger partial charge >= 0.3 is 5.97 Å².